The van der Waals surface area contributed by atoms with Crippen LogP contribution in [0.4, 0.5) is 0 Å². The maximum atomic E-state index is 5.83. The van der Waals surface area contributed by atoms with E-state index in [1.165, 1.54) is 23.8 Å². The van der Waals surface area contributed by atoms with Crippen LogP contribution in [0.1, 0.15) is 42.7 Å². The lowest BCUT2D eigenvalue weighted by Crippen LogP contribution is -2.04. The summed E-state index contributed by atoms with van der Waals surface area (Å²) in [7, 11) is 3.39. The fraction of sp³-hybridized carbons (Fsp3) is 0.455. The van der Waals surface area contributed by atoms with Gasteiger partial charge in [-0.3, -0.25) is 4.68 Å². The zero-order valence-corrected chi connectivity index (χ0v) is 17.8. The lowest BCUT2D eigenvalue weighted by atomic mass is 9.98. The van der Waals surface area contributed by atoms with Crippen molar-refractivity contribution in [1.82, 2.24) is 9.78 Å². The van der Waals surface area contributed by atoms with E-state index in [0.29, 0.717) is 19.1 Å². The van der Waals surface area contributed by atoms with Gasteiger partial charge in [-0.25, -0.2) is 0 Å². The molecule has 28 heavy (non-hydrogen) atoms. The molecule has 2 rings (SSSR count). The van der Waals surface area contributed by atoms with Gasteiger partial charge in [-0.15, -0.1) is 5.10 Å². The lowest BCUT2D eigenvalue weighted by Gasteiger charge is -2.13. The molecule has 152 valence electrons. The second-order valence-electron chi connectivity index (χ2n) is 6.72. The Morgan fingerprint density at radius 2 is 1.89 bits per heavy atom. The summed E-state index contributed by atoms with van der Waals surface area (Å²) in [5, 5.41) is 8.32. The van der Waals surface area contributed by atoms with Crippen LogP contribution in [-0.2, 0) is 18.3 Å². The predicted octanol–water partition coefficient (Wildman–Crippen LogP) is 4.37. The van der Waals surface area contributed by atoms with Crippen molar-refractivity contribution in [2.45, 2.75) is 40.5 Å². The molecule has 0 amide bonds. The molecular formula is C22H31N3O3. The molecule has 0 unspecified atom stereocenters. The highest BCUT2D eigenvalue weighted by Crippen LogP contribution is 2.23. The lowest BCUT2D eigenvalue weighted by molar-refractivity contribution is 0.213. The number of rotatable bonds is 10. The predicted molar refractivity (Wildman–Crippen MR) is 112 cm³/mol. The molecule has 1 aromatic heterocycles. The van der Waals surface area contributed by atoms with Crippen LogP contribution >= 0.6 is 0 Å². The molecule has 0 saturated heterocycles. The molecule has 0 N–H and O–H groups in total. The fourth-order valence-electron chi connectivity index (χ4n) is 3.13. The molecule has 0 radical (unpaired) electrons. The third-order valence-corrected chi connectivity index (χ3v) is 4.53. The molecule has 0 aliphatic rings. The Bertz CT molecular complexity index is 815. The van der Waals surface area contributed by atoms with E-state index in [-0.39, 0.29) is 0 Å². The third-order valence-electron chi connectivity index (χ3n) is 4.53. The topological polar surface area (TPSA) is 57.9 Å². The van der Waals surface area contributed by atoms with Crippen molar-refractivity contribution in [2.24, 2.45) is 12.2 Å². The summed E-state index contributed by atoms with van der Waals surface area (Å²) >= 11 is 0. The van der Waals surface area contributed by atoms with Gasteiger partial charge < -0.3 is 14.3 Å². The van der Waals surface area contributed by atoms with Crippen molar-refractivity contribution < 1.29 is 14.3 Å². The molecule has 0 aliphatic heterocycles. The SMILES string of the molecule is C/C=C/COc1cc(C)c(CCCOc2cc(/C(C)=N/OC)n(C)n2)c(C)c1. The minimum Gasteiger partial charge on any atom is -0.490 e. The van der Waals surface area contributed by atoms with Crippen LogP contribution in [0.25, 0.3) is 0 Å². The Balaban J connectivity index is 1.90. The number of hydrogen-bond acceptors (Lipinski definition) is 5. The Morgan fingerprint density at radius 3 is 2.54 bits per heavy atom. The third kappa shape index (κ3) is 5.87. The number of benzene rings is 1. The molecule has 2 aromatic rings. The van der Waals surface area contributed by atoms with E-state index in [1.54, 1.807) is 4.68 Å². The van der Waals surface area contributed by atoms with Crippen LogP contribution < -0.4 is 9.47 Å². The molecule has 1 heterocycles. The van der Waals surface area contributed by atoms with Crippen molar-refractivity contribution in [1.29, 1.82) is 0 Å². The Hall–Kier alpha value is -2.76. The van der Waals surface area contributed by atoms with Gasteiger partial charge in [0.1, 0.15) is 25.2 Å². The largest absolute Gasteiger partial charge is 0.490 e. The van der Waals surface area contributed by atoms with E-state index >= 15 is 0 Å². The number of aryl methyl sites for hydroxylation is 3. The normalized spacial score (nSPS) is 11.9. The minimum absolute atomic E-state index is 0.600. The van der Waals surface area contributed by atoms with E-state index < -0.39 is 0 Å². The highest BCUT2D eigenvalue weighted by Gasteiger charge is 2.10. The van der Waals surface area contributed by atoms with Gasteiger partial charge in [0.15, 0.2) is 0 Å². The van der Waals surface area contributed by atoms with Crippen molar-refractivity contribution in [3.05, 3.63) is 52.7 Å². The van der Waals surface area contributed by atoms with Crippen LogP contribution in [0, 0.1) is 13.8 Å². The van der Waals surface area contributed by atoms with Gasteiger partial charge in [-0.2, -0.15) is 0 Å². The van der Waals surface area contributed by atoms with E-state index in [1.807, 2.05) is 39.1 Å². The average Bonchev–Trinajstić information content (AvgIpc) is 3.01. The Labute approximate surface area is 167 Å². The van der Waals surface area contributed by atoms with Gasteiger partial charge in [-0.05, 0) is 69.4 Å². The standard InChI is InChI=1S/C22H31N3O3/c1-7-8-11-27-19-13-16(2)20(17(3)14-19)10-9-12-28-22-15-21(25(5)23-22)18(4)24-26-6/h7-8,13-15H,9-12H2,1-6H3/b8-7+,24-18+. The highest BCUT2D eigenvalue weighted by molar-refractivity contribution is 5.97. The summed E-state index contributed by atoms with van der Waals surface area (Å²) in [4.78, 5) is 4.82. The summed E-state index contributed by atoms with van der Waals surface area (Å²) < 4.78 is 13.3. The van der Waals surface area contributed by atoms with Gasteiger partial charge >= 0.3 is 0 Å². The smallest absolute Gasteiger partial charge is 0.233 e. The first kappa shape index (κ1) is 21.5. The summed E-state index contributed by atoms with van der Waals surface area (Å²) in [6.45, 7) is 9.34. The fourth-order valence-corrected chi connectivity index (χ4v) is 3.13. The van der Waals surface area contributed by atoms with Crippen LogP contribution in [-0.4, -0.2) is 35.8 Å². The number of ether oxygens (including phenoxy) is 2. The molecule has 6 heteroatoms. The van der Waals surface area contributed by atoms with Crippen LogP contribution in [0.3, 0.4) is 0 Å². The summed E-state index contributed by atoms with van der Waals surface area (Å²) in [6.07, 6.45) is 5.86. The molecule has 0 saturated carbocycles. The maximum absolute atomic E-state index is 5.83. The van der Waals surface area contributed by atoms with Crippen molar-refractivity contribution >= 4 is 5.71 Å². The van der Waals surface area contributed by atoms with Gasteiger partial charge in [-0.1, -0.05) is 17.3 Å². The average molecular weight is 386 g/mol. The van der Waals surface area contributed by atoms with E-state index in [0.717, 1.165) is 30.0 Å². The number of aromatic nitrogens is 2. The van der Waals surface area contributed by atoms with E-state index in [4.69, 9.17) is 14.3 Å². The number of allylic oxidation sites excluding steroid dienone is 1. The molecular weight excluding hydrogens is 354 g/mol. The summed E-state index contributed by atoms with van der Waals surface area (Å²) in [5.41, 5.74) is 5.49. The molecule has 1 aromatic carbocycles. The van der Waals surface area contributed by atoms with Crippen molar-refractivity contribution in [3.8, 4) is 11.6 Å². The number of oxime groups is 1. The maximum Gasteiger partial charge on any atom is 0.233 e. The molecule has 0 bridgehead atoms. The quantitative estimate of drug-likeness (QED) is 0.264. The van der Waals surface area contributed by atoms with E-state index in [2.05, 4.69) is 36.2 Å². The van der Waals surface area contributed by atoms with Crippen molar-refractivity contribution in [3.63, 3.8) is 0 Å². The zero-order chi connectivity index (χ0) is 20.5. The van der Waals surface area contributed by atoms with Gasteiger partial charge in [0.25, 0.3) is 0 Å². The monoisotopic (exact) mass is 385 g/mol. The van der Waals surface area contributed by atoms with Gasteiger partial charge in [0, 0.05) is 13.1 Å². The van der Waals surface area contributed by atoms with Gasteiger partial charge in [0.2, 0.25) is 5.88 Å². The van der Waals surface area contributed by atoms with Gasteiger partial charge in [0.05, 0.1) is 12.3 Å². The molecule has 0 fully saturated rings. The van der Waals surface area contributed by atoms with Crippen LogP contribution in [0.15, 0.2) is 35.5 Å². The summed E-state index contributed by atoms with van der Waals surface area (Å²) in [6, 6.07) is 6.09. The summed E-state index contributed by atoms with van der Waals surface area (Å²) in [5.74, 6) is 1.52. The first-order valence-electron chi connectivity index (χ1n) is 9.55. The van der Waals surface area contributed by atoms with Crippen molar-refractivity contribution in [2.75, 3.05) is 20.3 Å². The van der Waals surface area contributed by atoms with Crippen LogP contribution in [0.2, 0.25) is 0 Å². The Kier molecular flexibility index (Phi) is 8.11. The highest BCUT2D eigenvalue weighted by atomic mass is 16.6. The molecule has 0 spiro atoms. The molecule has 0 aliphatic carbocycles. The molecule has 0 atom stereocenters. The minimum atomic E-state index is 0.600. The molecule has 6 nitrogen and oxygen atoms in total. The number of nitrogens with zero attached hydrogens (tertiary/aromatic N) is 3. The number of hydrogen-bond donors (Lipinski definition) is 0. The Morgan fingerprint density at radius 1 is 1.18 bits per heavy atom. The van der Waals surface area contributed by atoms with E-state index in [9.17, 15) is 0 Å². The zero-order valence-electron chi connectivity index (χ0n) is 17.8. The first-order valence-corrected chi connectivity index (χ1v) is 9.55. The van der Waals surface area contributed by atoms with Crippen LogP contribution in [0.5, 0.6) is 11.6 Å². The second kappa shape index (κ2) is 10.5. The first-order chi connectivity index (χ1) is 13.5. The second-order valence-corrected chi connectivity index (χ2v) is 6.72.